The molecule has 1 N–H and O–H groups in total. The summed E-state index contributed by atoms with van der Waals surface area (Å²) in [6, 6.07) is 18.5. The molecule has 29 heavy (non-hydrogen) atoms. The normalized spacial score (nSPS) is 10.7. The first-order chi connectivity index (χ1) is 14.1. The molecule has 144 valence electrons. The van der Waals surface area contributed by atoms with Gasteiger partial charge < -0.3 is 10.1 Å². The monoisotopic (exact) mass is 403 g/mol. The van der Waals surface area contributed by atoms with Crippen molar-refractivity contribution < 1.29 is 14.3 Å². The summed E-state index contributed by atoms with van der Waals surface area (Å²) in [5, 5.41) is 3.63. The summed E-state index contributed by atoms with van der Waals surface area (Å²) < 4.78 is 6.12. The first-order valence-electron chi connectivity index (χ1n) is 8.94. The van der Waals surface area contributed by atoms with E-state index in [2.05, 4.69) is 28.3 Å². The van der Waals surface area contributed by atoms with Gasteiger partial charge in [0.1, 0.15) is 10.7 Å². The van der Waals surface area contributed by atoms with Crippen LogP contribution in [-0.2, 0) is 9.53 Å². The number of hydrogen-bond acceptors (Lipinski definition) is 6. The fourth-order valence-corrected chi connectivity index (χ4v) is 3.81. The Hall–Kier alpha value is -3.58. The smallest absolute Gasteiger partial charge is 0.357 e. The zero-order chi connectivity index (χ0) is 20.2. The molecule has 0 saturated heterocycles. The highest BCUT2D eigenvalue weighted by atomic mass is 32.1. The lowest BCUT2D eigenvalue weighted by Crippen LogP contribution is -2.21. The molecule has 4 aromatic rings. The van der Waals surface area contributed by atoms with Gasteiger partial charge in [-0.05, 0) is 61.0 Å². The topological polar surface area (TPSA) is 81.2 Å². The molecule has 1 amide bonds. The van der Waals surface area contributed by atoms with Crippen molar-refractivity contribution in [2.24, 2.45) is 0 Å². The highest BCUT2D eigenvalue weighted by Gasteiger charge is 2.11. The molecular formula is C22H17N3O3S. The number of thiazole rings is 1. The number of nitrogens with one attached hydrogen (secondary N) is 1. The molecule has 0 saturated carbocycles. The number of carbonyl (C=O) groups excluding carboxylic acids is 2. The summed E-state index contributed by atoms with van der Waals surface area (Å²) in [6.07, 6.45) is 1.49. The lowest BCUT2D eigenvalue weighted by atomic mass is 10.2. The average molecular weight is 403 g/mol. The minimum Gasteiger partial charge on any atom is -0.451 e. The molecule has 0 spiro atoms. The van der Waals surface area contributed by atoms with E-state index in [4.69, 9.17) is 4.74 Å². The number of rotatable bonds is 5. The van der Waals surface area contributed by atoms with E-state index in [-0.39, 0.29) is 12.3 Å². The molecule has 2 aromatic carbocycles. The van der Waals surface area contributed by atoms with E-state index in [0.717, 1.165) is 20.8 Å². The average Bonchev–Trinajstić information content (AvgIpc) is 3.16. The summed E-state index contributed by atoms with van der Waals surface area (Å²) in [7, 11) is 0. The molecule has 0 aliphatic carbocycles. The Morgan fingerprint density at radius 3 is 2.66 bits per heavy atom. The number of hydrogen-bond donors (Lipinski definition) is 1. The van der Waals surface area contributed by atoms with Crippen LogP contribution < -0.4 is 5.32 Å². The molecule has 0 bridgehead atoms. The van der Waals surface area contributed by atoms with Crippen molar-refractivity contribution in [2.75, 3.05) is 11.9 Å². The second-order valence-electron chi connectivity index (χ2n) is 6.41. The molecule has 7 heteroatoms. The Bertz CT molecular complexity index is 1170. The highest BCUT2D eigenvalue weighted by Crippen LogP contribution is 2.31. The van der Waals surface area contributed by atoms with Gasteiger partial charge in [-0.2, -0.15) is 0 Å². The Balaban J connectivity index is 1.37. The molecule has 0 unspecified atom stereocenters. The van der Waals surface area contributed by atoms with Gasteiger partial charge in [-0.25, -0.2) is 14.8 Å². The van der Waals surface area contributed by atoms with Crippen molar-refractivity contribution in [2.45, 2.75) is 6.92 Å². The zero-order valence-corrected chi connectivity index (χ0v) is 16.4. The number of amides is 1. The summed E-state index contributed by atoms with van der Waals surface area (Å²) in [5.74, 6) is -1.06. The van der Waals surface area contributed by atoms with Gasteiger partial charge in [0.2, 0.25) is 0 Å². The molecule has 6 nitrogen and oxygen atoms in total. The molecule has 0 radical (unpaired) electrons. The van der Waals surface area contributed by atoms with Crippen molar-refractivity contribution in [3.05, 3.63) is 78.1 Å². The Morgan fingerprint density at radius 1 is 1.07 bits per heavy atom. The van der Waals surface area contributed by atoms with Crippen molar-refractivity contribution in [3.63, 3.8) is 0 Å². The number of esters is 1. The second-order valence-corrected chi connectivity index (χ2v) is 7.44. The van der Waals surface area contributed by atoms with E-state index in [0.29, 0.717) is 5.69 Å². The van der Waals surface area contributed by atoms with Crippen molar-refractivity contribution in [1.82, 2.24) is 9.97 Å². The Labute approximate surface area is 171 Å². The summed E-state index contributed by atoms with van der Waals surface area (Å²) in [5.41, 5.74) is 3.93. The van der Waals surface area contributed by atoms with Crippen LogP contribution >= 0.6 is 11.3 Å². The van der Waals surface area contributed by atoms with Crippen LogP contribution in [0.25, 0.3) is 20.8 Å². The molecule has 2 aromatic heterocycles. The van der Waals surface area contributed by atoms with Crippen LogP contribution in [0.2, 0.25) is 0 Å². The van der Waals surface area contributed by atoms with E-state index >= 15 is 0 Å². The third-order valence-corrected chi connectivity index (χ3v) is 5.24. The van der Waals surface area contributed by atoms with Crippen molar-refractivity contribution >= 4 is 39.1 Å². The number of ether oxygens (including phenoxy) is 1. The van der Waals surface area contributed by atoms with Crippen LogP contribution in [0, 0.1) is 6.92 Å². The van der Waals surface area contributed by atoms with Gasteiger partial charge in [0, 0.05) is 17.4 Å². The van der Waals surface area contributed by atoms with Gasteiger partial charge in [-0.1, -0.05) is 12.1 Å². The highest BCUT2D eigenvalue weighted by molar-refractivity contribution is 7.21. The van der Waals surface area contributed by atoms with E-state index in [9.17, 15) is 9.59 Å². The minimum absolute atomic E-state index is 0.163. The number of benzene rings is 2. The lowest BCUT2D eigenvalue weighted by Gasteiger charge is -2.07. The molecule has 2 heterocycles. The lowest BCUT2D eigenvalue weighted by molar-refractivity contribution is -0.119. The van der Waals surface area contributed by atoms with Gasteiger partial charge in [-0.3, -0.25) is 4.79 Å². The fourth-order valence-electron chi connectivity index (χ4n) is 2.74. The number of carbonyl (C=O) groups is 2. The SMILES string of the molecule is Cc1ccc2nc(-c3ccc(NC(=O)COC(=O)c4ccccn4)cc3)sc2c1. The van der Waals surface area contributed by atoms with Crippen LogP contribution in [0.3, 0.4) is 0 Å². The van der Waals surface area contributed by atoms with Gasteiger partial charge in [0.05, 0.1) is 10.2 Å². The first kappa shape index (κ1) is 18.8. The van der Waals surface area contributed by atoms with E-state index in [1.807, 2.05) is 24.3 Å². The first-order valence-corrected chi connectivity index (χ1v) is 9.76. The number of anilines is 1. The largest absolute Gasteiger partial charge is 0.451 e. The zero-order valence-electron chi connectivity index (χ0n) is 15.6. The third kappa shape index (κ3) is 4.47. The van der Waals surface area contributed by atoms with Gasteiger partial charge >= 0.3 is 5.97 Å². The van der Waals surface area contributed by atoms with Gasteiger partial charge in [0.15, 0.2) is 6.61 Å². The third-order valence-electron chi connectivity index (χ3n) is 4.17. The maximum absolute atomic E-state index is 12.0. The summed E-state index contributed by atoms with van der Waals surface area (Å²) in [4.78, 5) is 32.4. The van der Waals surface area contributed by atoms with Crippen molar-refractivity contribution in [3.8, 4) is 10.6 Å². The molecular weight excluding hydrogens is 386 g/mol. The standard InChI is InChI=1S/C22H17N3O3S/c1-14-5-10-17-19(12-14)29-21(25-17)15-6-8-16(9-7-15)24-20(26)13-28-22(27)18-4-2-3-11-23-18/h2-12H,13H2,1H3,(H,24,26). The Morgan fingerprint density at radius 2 is 1.90 bits per heavy atom. The maximum Gasteiger partial charge on any atom is 0.357 e. The number of fused-ring (bicyclic) bond motifs is 1. The van der Waals surface area contributed by atoms with Crippen molar-refractivity contribution in [1.29, 1.82) is 0 Å². The van der Waals surface area contributed by atoms with E-state index in [1.54, 1.807) is 35.6 Å². The second kappa shape index (κ2) is 8.20. The van der Waals surface area contributed by atoms with Crippen LogP contribution in [0.1, 0.15) is 16.1 Å². The van der Waals surface area contributed by atoms with Crippen LogP contribution in [-0.4, -0.2) is 28.5 Å². The minimum atomic E-state index is -0.637. The Kier molecular flexibility index (Phi) is 5.31. The fraction of sp³-hybridized carbons (Fsp3) is 0.0909. The summed E-state index contributed by atoms with van der Waals surface area (Å²) in [6.45, 7) is 1.68. The van der Waals surface area contributed by atoms with Crippen LogP contribution in [0.15, 0.2) is 66.9 Å². The molecule has 0 aliphatic heterocycles. The van der Waals surface area contributed by atoms with Gasteiger partial charge in [0.25, 0.3) is 5.91 Å². The molecule has 0 fully saturated rings. The van der Waals surface area contributed by atoms with E-state index in [1.165, 1.54) is 17.8 Å². The van der Waals surface area contributed by atoms with Crippen LogP contribution in [0.4, 0.5) is 5.69 Å². The number of aryl methyl sites for hydroxylation is 1. The molecule has 4 rings (SSSR count). The summed E-state index contributed by atoms with van der Waals surface area (Å²) >= 11 is 1.63. The van der Waals surface area contributed by atoms with Crippen LogP contribution in [0.5, 0.6) is 0 Å². The number of aromatic nitrogens is 2. The predicted molar refractivity (Wildman–Crippen MR) is 113 cm³/mol. The quantitative estimate of drug-likeness (QED) is 0.498. The molecule has 0 atom stereocenters. The maximum atomic E-state index is 12.0. The number of nitrogens with zero attached hydrogens (tertiary/aromatic N) is 2. The molecule has 0 aliphatic rings. The number of pyridine rings is 1. The van der Waals surface area contributed by atoms with E-state index < -0.39 is 11.9 Å². The predicted octanol–water partition coefficient (Wildman–Crippen LogP) is 4.46. The van der Waals surface area contributed by atoms with Gasteiger partial charge in [-0.15, -0.1) is 11.3 Å².